The summed E-state index contributed by atoms with van der Waals surface area (Å²) in [5.74, 6) is -8.27. The predicted molar refractivity (Wildman–Crippen MR) is 273 cm³/mol. The van der Waals surface area contributed by atoms with Crippen LogP contribution in [-0.4, -0.2) is 143 Å². The summed E-state index contributed by atoms with van der Waals surface area (Å²) < 4.78 is 15.3. The van der Waals surface area contributed by atoms with E-state index in [4.69, 9.17) is 28.0 Å². The summed E-state index contributed by atoms with van der Waals surface area (Å²) >= 11 is 0. The fourth-order valence-corrected chi connectivity index (χ4v) is 8.97. The first-order valence-corrected chi connectivity index (χ1v) is 24.9. The van der Waals surface area contributed by atoms with E-state index in [1.54, 1.807) is 24.4 Å². The van der Waals surface area contributed by atoms with Gasteiger partial charge in [0.05, 0.1) is 0 Å². The highest BCUT2D eigenvalue weighted by Gasteiger charge is 2.40. The summed E-state index contributed by atoms with van der Waals surface area (Å²) in [4.78, 5) is 129. The number of primary amides is 1. The van der Waals surface area contributed by atoms with Crippen molar-refractivity contribution < 1.29 is 47.5 Å². The first-order chi connectivity index (χ1) is 35.8. The average molecular weight is 1050 g/mol. The smallest absolute Gasteiger partial charge is 0.245 e. The minimum Gasteiger partial charge on any atom is -0.370 e. The summed E-state index contributed by atoms with van der Waals surface area (Å²) in [6, 6.07) is 3.33. The average Bonchev–Trinajstić information content (AvgIpc) is 4.03. The van der Waals surface area contributed by atoms with Crippen LogP contribution in [0.2, 0.25) is 0 Å². The van der Waals surface area contributed by atoms with Crippen molar-refractivity contribution in [3.8, 4) is 0 Å². The molecule has 5 rings (SSSR count). The fourth-order valence-electron chi connectivity index (χ4n) is 8.97. The van der Waals surface area contributed by atoms with Gasteiger partial charge in [0.25, 0.3) is 0 Å². The molecule has 26 heteroatoms. The number of aromatic nitrogens is 1. The summed E-state index contributed by atoms with van der Waals surface area (Å²) in [6.45, 7) is 1.52. The number of para-hydroxylation sites is 1. The molecule has 0 aliphatic carbocycles. The number of nitrogens with zero attached hydrogens (tertiary/aromatic N) is 1. The van der Waals surface area contributed by atoms with Gasteiger partial charge in [0, 0.05) is 69.5 Å². The van der Waals surface area contributed by atoms with Gasteiger partial charge >= 0.3 is 0 Å². The van der Waals surface area contributed by atoms with Crippen LogP contribution in [0, 0.1) is 16.6 Å². The molecule has 75 heavy (non-hydrogen) atoms. The lowest BCUT2D eigenvalue weighted by Crippen LogP contribution is -2.60. The van der Waals surface area contributed by atoms with Crippen molar-refractivity contribution in [1.29, 1.82) is 10.8 Å². The highest BCUT2D eigenvalue weighted by molar-refractivity contribution is 5.98. The normalized spacial score (nSPS) is 22.0. The van der Waals surface area contributed by atoms with E-state index in [2.05, 4.69) is 52.8 Å². The second kappa shape index (κ2) is 28.2. The number of hydrogen-bond donors (Lipinski definition) is 15. The van der Waals surface area contributed by atoms with Gasteiger partial charge in [0.1, 0.15) is 48.1 Å². The quantitative estimate of drug-likeness (QED) is 0.0409. The van der Waals surface area contributed by atoms with E-state index in [0.717, 1.165) is 10.9 Å². The SMILES string of the molecule is CC(=O)N[C@@H](CCCNC(=N)N)C(=O)N[C@H]1CCCNC(=O)CCC(C(N)=O)NC(=O)[C@H](Cc2c[nH]c3ccccc23)NC(=O)[C@H](CCCNC(=N)N)NC(=O)[C@@H](Cc2ccccc2F)NC(=O)[C@@H]2CCCN2C1=O. The molecule has 1 unspecified atom stereocenters. The number of benzene rings is 2. The molecule has 0 spiro atoms. The Morgan fingerprint density at radius 1 is 0.760 bits per heavy atom. The van der Waals surface area contributed by atoms with Crippen LogP contribution in [0.3, 0.4) is 0 Å². The third kappa shape index (κ3) is 17.7. The van der Waals surface area contributed by atoms with E-state index in [1.807, 2.05) is 6.07 Å². The number of rotatable bonds is 16. The molecular weight excluding hydrogens is 976 g/mol. The van der Waals surface area contributed by atoms with Crippen LogP contribution in [0.5, 0.6) is 0 Å². The number of H-pyrrole nitrogens is 1. The van der Waals surface area contributed by atoms with E-state index in [-0.39, 0.29) is 108 Å². The van der Waals surface area contributed by atoms with E-state index in [1.165, 1.54) is 36.1 Å². The lowest BCUT2D eigenvalue weighted by atomic mass is 10.0. The second-order valence-electron chi connectivity index (χ2n) is 18.5. The number of amides is 9. The highest BCUT2D eigenvalue weighted by Crippen LogP contribution is 2.22. The van der Waals surface area contributed by atoms with Gasteiger partial charge in [-0.2, -0.15) is 0 Å². The van der Waals surface area contributed by atoms with Crippen molar-refractivity contribution in [1.82, 2.24) is 57.7 Å². The summed E-state index contributed by atoms with van der Waals surface area (Å²) in [7, 11) is 0. The zero-order chi connectivity index (χ0) is 54.6. The lowest BCUT2D eigenvalue weighted by molar-refractivity contribution is -0.142. The minimum atomic E-state index is -1.56. The topological polar surface area (TPSA) is 407 Å². The Morgan fingerprint density at radius 3 is 2.08 bits per heavy atom. The number of hydrogen-bond acceptors (Lipinski definition) is 11. The van der Waals surface area contributed by atoms with Crippen LogP contribution in [0.15, 0.2) is 54.7 Å². The zero-order valence-corrected chi connectivity index (χ0v) is 41.8. The van der Waals surface area contributed by atoms with Gasteiger partial charge in [-0.05, 0) is 81.0 Å². The Hall–Kier alpha value is -8.32. The van der Waals surface area contributed by atoms with Crippen LogP contribution in [0.25, 0.3) is 10.9 Å². The largest absolute Gasteiger partial charge is 0.370 e. The zero-order valence-electron chi connectivity index (χ0n) is 41.8. The van der Waals surface area contributed by atoms with Crippen molar-refractivity contribution in [2.75, 3.05) is 26.2 Å². The molecule has 9 amide bonds. The Bertz CT molecular complexity index is 2580. The Kier molecular flexibility index (Phi) is 21.7. The first-order valence-electron chi connectivity index (χ1n) is 24.9. The molecular formula is C49H69FN16O9. The molecule has 25 nitrogen and oxygen atoms in total. The first kappa shape index (κ1) is 57.6. The standard InChI is InChI=1S/C49H69FN16O9/c1-27(67)60-34(14-6-21-57-48(52)53)42(70)63-36-16-8-20-56-40(68)19-18-33(41(51)69)61-44(72)38(25-29-26-59-32-13-5-3-11-30(29)32)64-43(71)35(15-7-22-58-49(54)55)62-45(73)37(24-28-10-2-4-12-31(28)50)65-46(74)39-17-9-23-66(39)47(36)75/h2-5,10-13,26,33-39,59H,6-9,14-25H2,1H3,(H2,51,69)(H,56,68)(H,60,67)(H,61,72)(H,62,73)(H,63,70)(H,64,71)(H,65,74)(H4,52,53,57)(H4,54,55,58)/t33?,34-,35-,36-,37+,38-,39-/m0/s1. The van der Waals surface area contributed by atoms with Crippen molar-refractivity contribution >= 4 is 76.0 Å². The predicted octanol–water partition coefficient (Wildman–Crippen LogP) is -2.29. The fraction of sp³-hybridized carbons (Fsp3) is 0.490. The van der Waals surface area contributed by atoms with Crippen molar-refractivity contribution in [3.05, 3.63) is 71.7 Å². The van der Waals surface area contributed by atoms with E-state index < -0.39 is 108 Å². The number of halogens is 1. The molecule has 406 valence electrons. The third-order valence-corrected chi connectivity index (χ3v) is 12.8. The number of aromatic amines is 1. The van der Waals surface area contributed by atoms with Gasteiger partial charge < -0.3 is 74.9 Å². The molecule has 3 heterocycles. The van der Waals surface area contributed by atoms with Gasteiger partial charge in [-0.15, -0.1) is 0 Å². The number of fused-ring (bicyclic) bond motifs is 2. The molecule has 7 atom stereocenters. The maximum absolute atomic E-state index is 15.3. The van der Waals surface area contributed by atoms with Gasteiger partial charge in [0.2, 0.25) is 53.2 Å². The maximum atomic E-state index is 15.3. The summed E-state index contributed by atoms with van der Waals surface area (Å²) in [5.41, 5.74) is 18.0. The number of carbonyl (C=O) groups excluding carboxylic acids is 9. The molecule has 0 bridgehead atoms. The second-order valence-corrected chi connectivity index (χ2v) is 18.5. The Labute approximate surface area is 432 Å². The number of guanidine groups is 2. The Balaban J connectivity index is 1.52. The molecule has 0 radical (unpaired) electrons. The minimum absolute atomic E-state index is 0.0284. The van der Waals surface area contributed by atoms with E-state index >= 15 is 4.39 Å². The molecule has 18 N–H and O–H groups in total. The van der Waals surface area contributed by atoms with Gasteiger partial charge in [-0.1, -0.05) is 36.4 Å². The molecule has 3 aromatic rings. The lowest BCUT2D eigenvalue weighted by Gasteiger charge is -2.31. The van der Waals surface area contributed by atoms with Crippen LogP contribution < -0.4 is 65.1 Å². The van der Waals surface area contributed by atoms with Gasteiger partial charge in [0.15, 0.2) is 11.9 Å². The van der Waals surface area contributed by atoms with Crippen molar-refractivity contribution in [2.45, 2.75) is 126 Å². The number of carbonyl (C=O) groups is 9. The molecule has 2 fully saturated rings. The molecule has 1 aromatic heterocycles. The van der Waals surface area contributed by atoms with Crippen LogP contribution in [0.4, 0.5) is 4.39 Å². The molecule has 0 saturated carbocycles. The van der Waals surface area contributed by atoms with E-state index in [0.29, 0.717) is 12.0 Å². The number of nitrogens with one attached hydrogen (secondary N) is 12. The van der Waals surface area contributed by atoms with Gasteiger partial charge in [-0.3, -0.25) is 54.0 Å². The Morgan fingerprint density at radius 2 is 1.39 bits per heavy atom. The maximum Gasteiger partial charge on any atom is 0.245 e. The molecule has 2 aromatic carbocycles. The van der Waals surface area contributed by atoms with Crippen LogP contribution in [-0.2, 0) is 56.0 Å². The molecule has 2 aliphatic heterocycles. The monoisotopic (exact) mass is 1040 g/mol. The summed E-state index contributed by atoms with van der Waals surface area (Å²) in [5, 5.41) is 39.7. The van der Waals surface area contributed by atoms with Crippen LogP contribution in [0.1, 0.15) is 82.3 Å². The van der Waals surface area contributed by atoms with Crippen molar-refractivity contribution in [2.24, 2.45) is 17.2 Å². The third-order valence-electron chi connectivity index (χ3n) is 12.8. The number of nitrogens with two attached hydrogens (primary N) is 3. The van der Waals surface area contributed by atoms with Crippen LogP contribution >= 0.6 is 0 Å². The molecule has 2 aliphatic rings. The van der Waals surface area contributed by atoms with Crippen molar-refractivity contribution in [3.63, 3.8) is 0 Å². The summed E-state index contributed by atoms with van der Waals surface area (Å²) in [6.07, 6.45) is 1.42. The van der Waals surface area contributed by atoms with E-state index in [9.17, 15) is 43.2 Å². The highest BCUT2D eigenvalue weighted by atomic mass is 19.1. The molecule has 2 saturated heterocycles. The van der Waals surface area contributed by atoms with Gasteiger partial charge in [-0.25, -0.2) is 4.39 Å².